The second-order valence-electron chi connectivity index (χ2n) is 6.08. The Morgan fingerprint density at radius 3 is 2.26 bits per heavy atom. The minimum absolute atomic E-state index is 0.460. The molecule has 0 atom stereocenters. The molecule has 0 aromatic rings. The smallest absolute Gasteiger partial charge is 0.281 e. The van der Waals surface area contributed by atoms with Crippen molar-refractivity contribution in [3.05, 3.63) is 0 Å². The van der Waals surface area contributed by atoms with Crippen LogP contribution in [0.1, 0.15) is 44.9 Å². The van der Waals surface area contributed by atoms with Gasteiger partial charge < -0.3 is 5.73 Å². The Morgan fingerprint density at radius 1 is 1.16 bits per heavy atom. The predicted octanol–water partition coefficient (Wildman–Crippen LogP) is 1.17. The fourth-order valence-corrected chi connectivity index (χ4v) is 4.84. The van der Waals surface area contributed by atoms with E-state index >= 15 is 0 Å². The lowest BCUT2D eigenvalue weighted by atomic mass is 9.78. The van der Waals surface area contributed by atoms with E-state index in [2.05, 4.69) is 0 Å². The fourth-order valence-electron chi connectivity index (χ4n) is 3.44. The van der Waals surface area contributed by atoms with Crippen molar-refractivity contribution in [1.29, 1.82) is 0 Å². The van der Waals surface area contributed by atoms with Crippen LogP contribution in [-0.2, 0) is 10.2 Å². The van der Waals surface area contributed by atoms with E-state index < -0.39 is 10.2 Å². The van der Waals surface area contributed by atoms with Gasteiger partial charge in [-0.1, -0.05) is 12.8 Å². The van der Waals surface area contributed by atoms with Gasteiger partial charge >= 0.3 is 0 Å². The number of hydrogen-bond acceptors (Lipinski definition) is 3. The summed E-state index contributed by atoms with van der Waals surface area (Å²) >= 11 is 0. The van der Waals surface area contributed by atoms with Crippen molar-refractivity contribution in [2.75, 3.05) is 33.2 Å². The maximum Gasteiger partial charge on any atom is 0.281 e. The number of piperidine rings is 1. The molecule has 1 saturated carbocycles. The van der Waals surface area contributed by atoms with Crippen LogP contribution >= 0.6 is 0 Å². The zero-order valence-electron chi connectivity index (χ0n) is 12.0. The number of rotatable bonds is 5. The molecule has 2 aliphatic rings. The standard InChI is InChI=1S/C13H27N3O2S/c1-15(10-4-9-14)19(17,18)16-11-7-13(8-12-16)5-2-3-6-13/h2-12,14H2,1H3. The van der Waals surface area contributed by atoms with Crippen molar-refractivity contribution in [3.8, 4) is 0 Å². The molecule has 0 aromatic heterocycles. The zero-order chi connectivity index (χ0) is 13.9. The van der Waals surface area contributed by atoms with Crippen molar-refractivity contribution in [2.24, 2.45) is 11.1 Å². The first kappa shape index (κ1) is 15.2. The Labute approximate surface area is 117 Å². The SMILES string of the molecule is CN(CCCN)S(=O)(=O)N1CCC2(CCCC2)CC1. The van der Waals surface area contributed by atoms with Crippen molar-refractivity contribution >= 4 is 10.2 Å². The van der Waals surface area contributed by atoms with Crippen LogP contribution in [0.25, 0.3) is 0 Å². The van der Waals surface area contributed by atoms with Crippen LogP contribution in [0.15, 0.2) is 0 Å². The van der Waals surface area contributed by atoms with E-state index in [4.69, 9.17) is 5.73 Å². The molecule has 1 heterocycles. The van der Waals surface area contributed by atoms with Crippen LogP contribution in [0.2, 0.25) is 0 Å². The Balaban J connectivity index is 1.92. The molecule has 5 nitrogen and oxygen atoms in total. The molecular weight excluding hydrogens is 262 g/mol. The van der Waals surface area contributed by atoms with Gasteiger partial charge in [-0.15, -0.1) is 0 Å². The molecule has 1 saturated heterocycles. The van der Waals surface area contributed by atoms with Gasteiger partial charge in [-0.05, 0) is 44.1 Å². The number of nitrogens with two attached hydrogens (primary N) is 1. The van der Waals surface area contributed by atoms with E-state index in [1.54, 1.807) is 11.4 Å². The second kappa shape index (κ2) is 6.08. The summed E-state index contributed by atoms with van der Waals surface area (Å²) in [5.74, 6) is 0. The van der Waals surface area contributed by atoms with Crippen molar-refractivity contribution in [2.45, 2.75) is 44.9 Å². The molecule has 2 rings (SSSR count). The summed E-state index contributed by atoms with van der Waals surface area (Å²) in [6.45, 7) is 2.42. The maximum absolute atomic E-state index is 12.4. The Morgan fingerprint density at radius 2 is 1.74 bits per heavy atom. The maximum atomic E-state index is 12.4. The molecule has 2 N–H and O–H groups in total. The number of hydrogen-bond donors (Lipinski definition) is 1. The summed E-state index contributed by atoms with van der Waals surface area (Å²) in [5.41, 5.74) is 5.90. The molecule has 0 amide bonds. The van der Waals surface area contributed by atoms with Crippen LogP contribution in [0.4, 0.5) is 0 Å². The van der Waals surface area contributed by atoms with Gasteiger partial charge in [-0.25, -0.2) is 0 Å². The van der Waals surface area contributed by atoms with Crippen molar-refractivity contribution in [1.82, 2.24) is 8.61 Å². The molecule has 1 spiro atoms. The number of nitrogens with zero attached hydrogens (tertiary/aromatic N) is 2. The molecule has 1 aliphatic heterocycles. The molecule has 2 fully saturated rings. The first-order chi connectivity index (χ1) is 9.00. The quantitative estimate of drug-likeness (QED) is 0.826. The van der Waals surface area contributed by atoms with E-state index in [-0.39, 0.29) is 0 Å². The minimum atomic E-state index is -3.27. The zero-order valence-corrected chi connectivity index (χ0v) is 12.8. The molecule has 6 heteroatoms. The monoisotopic (exact) mass is 289 g/mol. The fraction of sp³-hybridized carbons (Fsp3) is 1.00. The van der Waals surface area contributed by atoms with Crippen LogP contribution in [0, 0.1) is 5.41 Å². The Hall–Kier alpha value is -0.170. The molecule has 0 bridgehead atoms. The van der Waals surface area contributed by atoms with Gasteiger partial charge in [0, 0.05) is 26.7 Å². The van der Waals surface area contributed by atoms with E-state index in [0.29, 0.717) is 38.0 Å². The van der Waals surface area contributed by atoms with Crippen molar-refractivity contribution < 1.29 is 8.42 Å². The summed E-state index contributed by atoms with van der Waals surface area (Å²) < 4.78 is 27.9. The van der Waals surface area contributed by atoms with Crippen molar-refractivity contribution in [3.63, 3.8) is 0 Å². The highest BCUT2D eigenvalue weighted by atomic mass is 32.2. The molecule has 112 valence electrons. The third kappa shape index (κ3) is 3.29. The third-order valence-corrected chi connectivity index (χ3v) is 6.83. The Kier molecular flexibility index (Phi) is 4.87. The Bertz CT molecular complexity index is 381. The van der Waals surface area contributed by atoms with Crippen LogP contribution in [0.5, 0.6) is 0 Å². The van der Waals surface area contributed by atoms with E-state index in [1.165, 1.54) is 30.0 Å². The molecule has 1 aliphatic carbocycles. The van der Waals surface area contributed by atoms with Gasteiger partial charge in [-0.2, -0.15) is 17.0 Å². The average molecular weight is 289 g/mol. The van der Waals surface area contributed by atoms with E-state index in [9.17, 15) is 8.42 Å². The molecular formula is C13H27N3O2S. The predicted molar refractivity (Wildman–Crippen MR) is 76.9 cm³/mol. The second-order valence-corrected chi connectivity index (χ2v) is 8.11. The van der Waals surface area contributed by atoms with E-state index in [0.717, 1.165) is 12.8 Å². The molecule has 19 heavy (non-hydrogen) atoms. The van der Waals surface area contributed by atoms with Crippen LogP contribution in [0.3, 0.4) is 0 Å². The van der Waals surface area contributed by atoms with Gasteiger partial charge in [0.05, 0.1) is 0 Å². The minimum Gasteiger partial charge on any atom is -0.330 e. The van der Waals surface area contributed by atoms with E-state index in [1.807, 2.05) is 0 Å². The molecule has 0 unspecified atom stereocenters. The molecule has 0 radical (unpaired) electrons. The normalized spacial score (nSPS) is 24.4. The third-order valence-electron chi connectivity index (χ3n) is 4.84. The molecule has 0 aromatic carbocycles. The lowest BCUT2D eigenvalue weighted by Gasteiger charge is -2.39. The average Bonchev–Trinajstić information content (AvgIpc) is 2.84. The largest absolute Gasteiger partial charge is 0.330 e. The summed E-state index contributed by atoms with van der Waals surface area (Å²) in [6, 6.07) is 0. The topological polar surface area (TPSA) is 66.6 Å². The van der Waals surface area contributed by atoms with Gasteiger partial charge in [-0.3, -0.25) is 0 Å². The summed E-state index contributed by atoms with van der Waals surface area (Å²) in [5, 5.41) is 0. The lowest BCUT2D eigenvalue weighted by molar-refractivity contribution is 0.155. The summed E-state index contributed by atoms with van der Waals surface area (Å²) in [6.07, 6.45) is 8.03. The van der Waals surface area contributed by atoms with Gasteiger partial charge in [0.15, 0.2) is 0 Å². The highest BCUT2D eigenvalue weighted by Crippen LogP contribution is 2.46. The first-order valence-corrected chi connectivity index (χ1v) is 8.81. The van der Waals surface area contributed by atoms with Crippen LogP contribution in [-0.4, -0.2) is 50.3 Å². The highest BCUT2D eigenvalue weighted by molar-refractivity contribution is 7.86. The van der Waals surface area contributed by atoms with Gasteiger partial charge in [0.2, 0.25) is 0 Å². The van der Waals surface area contributed by atoms with Gasteiger partial charge in [0.1, 0.15) is 0 Å². The van der Waals surface area contributed by atoms with Gasteiger partial charge in [0.25, 0.3) is 10.2 Å². The lowest BCUT2D eigenvalue weighted by Crippen LogP contribution is -2.48. The highest BCUT2D eigenvalue weighted by Gasteiger charge is 2.40. The van der Waals surface area contributed by atoms with Crippen LogP contribution < -0.4 is 5.73 Å². The summed E-state index contributed by atoms with van der Waals surface area (Å²) in [7, 11) is -1.61. The summed E-state index contributed by atoms with van der Waals surface area (Å²) in [4.78, 5) is 0. The first-order valence-electron chi connectivity index (χ1n) is 7.42.